The third-order valence-corrected chi connectivity index (χ3v) is 4.35. The summed E-state index contributed by atoms with van der Waals surface area (Å²) in [6.07, 6.45) is 4.81. The molecular weight excluding hydrogens is 284 g/mol. The molecule has 6 heteroatoms. The normalized spacial score (nSPS) is 12.7. The summed E-state index contributed by atoms with van der Waals surface area (Å²) in [6, 6.07) is 6.14. The third-order valence-electron chi connectivity index (χ3n) is 3.58. The molecule has 0 fully saturated rings. The van der Waals surface area contributed by atoms with Crippen LogP contribution in [0.25, 0.3) is 4.96 Å². The van der Waals surface area contributed by atoms with Crippen molar-refractivity contribution in [1.82, 2.24) is 14.8 Å². The van der Waals surface area contributed by atoms with Crippen molar-refractivity contribution < 1.29 is 4.74 Å². The minimum Gasteiger partial charge on any atom is -0.496 e. The maximum Gasteiger partial charge on any atom is 0.193 e. The average Bonchev–Trinajstić information content (AvgIpc) is 3.05. The van der Waals surface area contributed by atoms with Crippen LogP contribution in [0.4, 0.5) is 0 Å². The number of hydrogen-bond acceptors (Lipinski definition) is 5. The zero-order valence-corrected chi connectivity index (χ0v) is 12.9. The number of aryl methyl sites for hydroxylation is 1. The molecule has 0 saturated heterocycles. The monoisotopic (exact) mass is 302 g/mol. The number of benzene rings is 1. The number of rotatable bonds is 5. The Kier molecular flexibility index (Phi) is 3.92. The van der Waals surface area contributed by atoms with Gasteiger partial charge in [0.25, 0.3) is 0 Å². The molecule has 1 atom stereocenters. The van der Waals surface area contributed by atoms with Crippen LogP contribution in [0.3, 0.4) is 0 Å². The Balaban J connectivity index is 1.84. The lowest BCUT2D eigenvalue weighted by Crippen LogP contribution is -2.29. The molecule has 0 aliphatic rings. The van der Waals surface area contributed by atoms with Crippen molar-refractivity contribution in [1.29, 1.82) is 0 Å². The number of imidazole rings is 1. The maximum atomic E-state index is 5.73. The van der Waals surface area contributed by atoms with Gasteiger partial charge in [-0.25, -0.2) is 4.98 Å². The van der Waals surface area contributed by atoms with E-state index in [0.717, 1.165) is 34.0 Å². The molecular formula is C15H18N4OS. The topological polar surface area (TPSA) is 64.6 Å². The van der Waals surface area contributed by atoms with Crippen molar-refractivity contribution in [3.05, 3.63) is 52.8 Å². The van der Waals surface area contributed by atoms with Gasteiger partial charge in [0.1, 0.15) is 5.75 Å². The largest absolute Gasteiger partial charge is 0.496 e. The van der Waals surface area contributed by atoms with Gasteiger partial charge in [-0.2, -0.15) is 0 Å². The molecule has 3 aromatic rings. The fraction of sp³-hybridized carbons (Fsp3) is 0.267. The molecule has 1 aromatic carbocycles. The molecule has 110 valence electrons. The highest BCUT2D eigenvalue weighted by Gasteiger charge is 2.14. The van der Waals surface area contributed by atoms with E-state index in [1.54, 1.807) is 18.4 Å². The molecule has 0 bridgehead atoms. The molecule has 0 spiro atoms. The molecule has 2 heterocycles. The summed E-state index contributed by atoms with van der Waals surface area (Å²) in [5, 5.41) is 2.03. The molecule has 0 saturated carbocycles. The summed E-state index contributed by atoms with van der Waals surface area (Å²) in [5.41, 5.74) is 6.14. The minimum absolute atomic E-state index is 0.0270. The molecule has 3 N–H and O–H groups in total. The fourth-order valence-electron chi connectivity index (χ4n) is 2.47. The predicted molar refractivity (Wildman–Crippen MR) is 84.6 cm³/mol. The predicted octanol–water partition coefficient (Wildman–Crippen LogP) is 2.46. The number of nitrogens with one attached hydrogen (secondary N) is 1. The van der Waals surface area contributed by atoms with Crippen molar-refractivity contribution in [2.45, 2.75) is 19.4 Å². The zero-order valence-electron chi connectivity index (χ0n) is 12.0. The first kappa shape index (κ1) is 14.1. The van der Waals surface area contributed by atoms with Crippen LogP contribution in [0.15, 0.2) is 36.0 Å². The Morgan fingerprint density at radius 2 is 2.33 bits per heavy atom. The number of hydrogen-bond donors (Lipinski definition) is 2. The van der Waals surface area contributed by atoms with E-state index in [2.05, 4.69) is 16.5 Å². The van der Waals surface area contributed by atoms with Crippen LogP contribution in [0.1, 0.15) is 22.9 Å². The second-order valence-electron chi connectivity index (χ2n) is 4.98. The van der Waals surface area contributed by atoms with E-state index in [9.17, 15) is 0 Å². The highest BCUT2D eigenvalue weighted by Crippen LogP contribution is 2.24. The molecule has 0 aliphatic heterocycles. The van der Waals surface area contributed by atoms with Gasteiger partial charge in [-0.05, 0) is 24.1 Å². The van der Waals surface area contributed by atoms with Crippen LogP contribution in [0.2, 0.25) is 0 Å². The highest BCUT2D eigenvalue weighted by molar-refractivity contribution is 7.15. The second-order valence-corrected chi connectivity index (χ2v) is 5.85. The van der Waals surface area contributed by atoms with Crippen LogP contribution in [-0.4, -0.2) is 16.5 Å². The Hall–Kier alpha value is -1.89. The number of thiazole rings is 1. The Morgan fingerprint density at radius 1 is 1.48 bits per heavy atom. The lowest BCUT2D eigenvalue weighted by molar-refractivity contribution is 0.411. The van der Waals surface area contributed by atoms with Gasteiger partial charge in [0.15, 0.2) is 4.96 Å². The van der Waals surface area contributed by atoms with Gasteiger partial charge in [-0.3, -0.25) is 15.7 Å². The molecule has 21 heavy (non-hydrogen) atoms. The summed E-state index contributed by atoms with van der Waals surface area (Å²) in [6.45, 7) is 2.03. The van der Waals surface area contributed by atoms with Gasteiger partial charge in [-0.1, -0.05) is 12.1 Å². The highest BCUT2D eigenvalue weighted by atomic mass is 32.1. The number of fused-ring (bicyclic) bond motifs is 1. The number of ether oxygens (including phenoxy) is 1. The fourth-order valence-corrected chi connectivity index (χ4v) is 3.19. The summed E-state index contributed by atoms with van der Waals surface area (Å²) < 4.78 is 7.33. The van der Waals surface area contributed by atoms with Gasteiger partial charge in [-0.15, -0.1) is 11.3 Å². The van der Waals surface area contributed by atoms with Crippen LogP contribution in [0.5, 0.6) is 5.75 Å². The first-order valence-corrected chi connectivity index (χ1v) is 7.61. The van der Waals surface area contributed by atoms with Gasteiger partial charge < -0.3 is 4.74 Å². The zero-order chi connectivity index (χ0) is 14.8. The Bertz CT molecular complexity index is 721. The van der Waals surface area contributed by atoms with Crippen LogP contribution in [-0.2, 0) is 6.42 Å². The second kappa shape index (κ2) is 5.85. The molecule has 5 nitrogen and oxygen atoms in total. The average molecular weight is 302 g/mol. The van der Waals surface area contributed by atoms with E-state index in [1.807, 2.05) is 41.2 Å². The van der Waals surface area contributed by atoms with Gasteiger partial charge in [0.05, 0.1) is 18.8 Å². The summed E-state index contributed by atoms with van der Waals surface area (Å²) in [4.78, 5) is 5.61. The first-order chi connectivity index (χ1) is 10.2. The SMILES string of the molecule is COc1ccc(C(Cc2cn3ccsc3n2)NN)cc1C. The number of methoxy groups -OCH3 is 1. The quantitative estimate of drug-likeness (QED) is 0.561. The standard InChI is InChI=1S/C15H18N4OS/c1-10-7-11(3-4-14(10)20-2)13(18-16)8-12-9-19-5-6-21-15(19)17-12/h3-7,9,13,18H,8,16H2,1-2H3. The van der Waals surface area contributed by atoms with Crippen LogP contribution >= 0.6 is 11.3 Å². The molecule has 0 amide bonds. The van der Waals surface area contributed by atoms with E-state index in [1.165, 1.54) is 0 Å². The van der Waals surface area contributed by atoms with Crippen molar-refractivity contribution in [2.24, 2.45) is 5.84 Å². The number of hydrazine groups is 1. The van der Waals surface area contributed by atoms with Gasteiger partial charge in [0.2, 0.25) is 0 Å². The Labute approximate surface area is 127 Å². The van der Waals surface area contributed by atoms with E-state index in [-0.39, 0.29) is 6.04 Å². The molecule has 3 rings (SSSR count). The van der Waals surface area contributed by atoms with Crippen molar-refractivity contribution in [3.63, 3.8) is 0 Å². The summed E-state index contributed by atoms with van der Waals surface area (Å²) in [7, 11) is 1.68. The van der Waals surface area contributed by atoms with Gasteiger partial charge >= 0.3 is 0 Å². The van der Waals surface area contributed by atoms with Gasteiger partial charge in [0, 0.05) is 24.2 Å². The summed E-state index contributed by atoms with van der Waals surface area (Å²) >= 11 is 1.63. The number of nitrogens with two attached hydrogens (primary N) is 1. The number of aromatic nitrogens is 2. The number of nitrogens with zero attached hydrogens (tertiary/aromatic N) is 2. The van der Waals surface area contributed by atoms with E-state index < -0.39 is 0 Å². The van der Waals surface area contributed by atoms with E-state index >= 15 is 0 Å². The van der Waals surface area contributed by atoms with Crippen molar-refractivity contribution in [3.8, 4) is 5.75 Å². The summed E-state index contributed by atoms with van der Waals surface area (Å²) in [5.74, 6) is 6.62. The maximum absolute atomic E-state index is 5.73. The minimum atomic E-state index is 0.0270. The van der Waals surface area contributed by atoms with Crippen LogP contribution in [0, 0.1) is 6.92 Å². The third kappa shape index (κ3) is 2.78. The lowest BCUT2D eigenvalue weighted by Gasteiger charge is -2.16. The first-order valence-electron chi connectivity index (χ1n) is 6.73. The lowest BCUT2D eigenvalue weighted by atomic mass is 10.0. The van der Waals surface area contributed by atoms with Crippen molar-refractivity contribution >= 4 is 16.3 Å². The molecule has 2 aromatic heterocycles. The van der Waals surface area contributed by atoms with E-state index in [4.69, 9.17) is 10.6 Å². The van der Waals surface area contributed by atoms with E-state index in [0.29, 0.717) is 0 Å². The smallest absolute Gasteiger partial charge is 0.193 e. The Morgan fingerprint density at radius 3 is 3.00 bits per heavy atom. The van der Waals surface area contributed by atoms with Crippen molar-refractivity contribution in [2.75, 3.05) is 7.11 Å². The molecule has 1 unspecified atom stereocenters. The van der Waals surface area contributed by atoms with Crippen LogP contribution < -0.4 is 16.0 Å². The molecule has 0 aliphatic carbocycles. The molecule has 0 radical (unpaired) electrons.